The van der Waals surface area contributed by atoms with Gasteiger partial charge in [-0.15, -0.1) is 6.42 Å². The number of anilines is 1. The van der Waals surface area contributed by atoms with Crippen LogP contribution >= 0.6 is 22.6 Å². The van der Waals surface area contributed by atoms with Gasteiger partial charge in [-0.3, -0.25) is 4.79 Å². The molecule has 0 saturated carbocycles. The molecular weight excluding hydrogens is 305 g/mol. The first-order valence-corrected chi connectivity index (χ1v) is 5.60. The molecule has 1 rings (SSSR count). The zero-order valence-electron chi connectivity index (χ0n) is 8.54. The second kappa shape index (κ2) is 5.16. The molecule has 0 aliphatic heterocycles. The van der Waals surface area contributed by atoms with Gasteiger partial charge in [-0.05, 0) is 28.5 Å². The van der Waals surface area contributed by atoms with Gasteiger partial charge in [0.15, 0.2) is 0 Å². The predicted molar refractivity (Wildman–Crippen MR) is 68.7 cm³/mol. The van der Waals surface area contributed by atoms with Gasteiger partial charge in [0.1, 0.15) is 9.39 Å². The van der Waals surface area contributed by atoms with Crippen molar-refractivity contribution in [1.29, 1.82) is 0 Å². The number of hydrogen-bond acceptors (Lipinski definition) is 3. The monoisotopic (exact) mass is 317 g/mol. The van der Waals surface area contributed by atoms with Crippen LogP contribution in [0.2, 0.25) is 0 Å². The van der Waals surface area contributed by atoms with Gasteiger partial charge >= 0.3 is 0 Å². The first-order valence-electron chi connectivity index (χ1n) is 4.52. The van der Waals surface area contributed by atoms with Gasteiger partial charge in [0.05, 0.1) is 12.4 Å². The highest BCUT2D eigenvalue weighted by atomic mass is 127. The van der Waals surface area contributed by atoms with Crippen molar-refractivity contribution < 1.29 is 0 Å². The molecule has 80 valence electrons. The Morgan fingerprint density at radius 2 is 2.33 bits per heavy atom. The normalized spacial score (nSPS) is 12.2. The maximum absolute atomic E-state index is 11.3. The minimum absolute atomic E-state index is 0.118. The summed E-state index contributed by atoms with van der Waals surface area (Å²) < 4.78 is 0.524. The van der Waals surface area contributed by atoms with Crippen LogP contribution in [0.5, 0.6) is 0 Å². The fourth-order valence-electron chi connectivity index (χ4n) is 1.03. The van der Waals surface area contributed by atoms with Crippen LogP contribution in [0.3, 0.4) is 0 Å². The van der Waals surface area contributed by atoms with E-state index in [-0.39, 0.29) is 17.5 Å². The van der Waals surface area contributed by atoms with Gasteiger partial charge < -0.3 is 10.3 Å². The molecular formula is C10H12IN3O. The minimum atomic E-state index is -0.160. The lowest BCUT2D eigenvalue weighted by atomic mass is 10.1. The van der Waals surface area contributed by atoms with Crippen LogP contribution in [-0.2, 0) is 0 Å². The molecule has 2 N–H and O–H groups in total. The first-order chi connectivity index (χ1) is 7.06. The summed E-state index contributed by atoms with van der Waals surface area (Å²) in [6, 6.07) is -0.118. The van der Waals surface area contributed by atoms with E-state index < -0.39 is 0 Å². The molecule has 0 aliphatic rings. The van der Waals surface area contributed by atoms with Gasteiger partial charge in [0, 0.05) is 0 Å². The molecule has 0 fully saturated rings. The Morgan fingerprint density at radius 1 is 1.67 bits per heavy atom. The molecule has 0 aromatic carbocycles. The van der Waals surface area contributed by atoms with Crippen molar-refractivity contribution in [2.75, 3.05) is 5.32 Å². The lowest BCUT2D eigenvalue weighted by molar-refractivity contribution is 0.612. The molecule has 0 aliphatic carbocycles. The standard InChI is InChI=1S/C10H12IN3O/c1-4-7(6(2)3)14-9-8(11)10(15)13-5-12-9/h1,5-7H,2-3H3,(H2,12,13,14,15). The summed E-state index contributed by atoms with van der Waals surface area (Å²) in [5.74, 6) is 3.45. The second-order valence-electron chi connectivity index (χ2n) is 3.43. The van der Waals surface area contributed by atoms with Gasteiger partial charge in [-0.1, -0.05) is 19.8 Å². The Balaban J connectivity index is 2.95. The summed E-state index contributed by atoms with van der Waals surface area (Å²) >= 11 is 1.94. The number of nitrogens with one attached hydrogen (secondary N) is 2. The van der Waals surface area contributed by atoms with Crippen molar-refractivity contribution in [2.24, 2.45) is 5.92 Å². The number of rotatable bonds is 3. The Hall–Kier alpha value is -1.03. The van der Waals surface area contributed by atoms with Crippen molar-refractivity contribution >= 4 is 28.4 Å². The lowest BCUT2D eigenvalue weighted by Crippen LogP contribution is -2.26. The number of H-pyrrole nitrogens is 1. The summed E-state index contributed by atoms with van der Waals surface area (Å²) in [5.41, 5.74) is -0.160. The number of hydrogen-bond donors (Lipinski definition) is 2. The summed E-state index contributed by atoms with van der Waals surface area (Å²) in [4.78, 5) is 17.8. The predicted octanol–water partition coefficient (Wildman–Crippen LogP) is 1.44. The first kappa shape index (κ1) is 12.0. The molecule has 1 aromatic rings. The Bertz CT molecular complexity index is 433. The number of terminal acetylenes is 1. The summed E-state index contributed by atoms with van der Waals surface area (Å²) in [6.07, 6.45) is 6.74. The Labute approximate surface area is 102 Å². The smallest absolute Gasteiger partial charge is 0.266 e. The fraction of sp³-hybridized carbons (Fsp3) is 0.400. The molecule has 5 heteroatoms. The SMILES string of the molecule is C#CC(Nc1nc[nH]c(=O)c1I)C(C)C. The minimum Gasteiger partial charge on any atom is -0.355 e. The Kier molecular flexibility index (Phi) is 4.15. The van der Waals surface area contributed by atoms with Crippen molar-refractivity contribution in [2.45, 2.75) is 19.9 Å². The molecule has 0 radical (unpaired) electrons. The van der Waals surface area contributed by atoms with Crippen LogP contribution in [0.25, 0.3) is 0 Å². The van der Waals surface area contributed by atoms with E-state index in [0.29, 0.717) is 9.39 Å². The molecule has 15 heavy (non-hydrogen) atoms. The summed E-state index contributed by atoms with van der Waals surface area (Å²) in [6.45, 7) is 4.02. The van der Waals surface area contributed by atoms with E-state index in [1.807, 2.05) is 36.4 Å². The van der Waals surface area contributed by atoms with E-state index >= 15 is 0 Å². The van der Waals surface area contributed by atoms with Gasteiger partial charge in [-0.25, -0.2) is 4.98 Å². The van der Waals surface area contributed by atoms with Crippen molar-refractivity contribution in [1.82, 2.24) is 9.97 Å². The van der Waals surface area contributed by atoms with E-state index in [0.717, 1.165) is 0 Å². The average Bonchev–Trinajstić information content (AvgIpc) is 2.19. The fourth-order valence-corrected chi connectivity index (χ4v) is 1.48. The molecule has 0 saturated heterocycles. The third-order valence-corrected chi connectivity index (χ3v) is 2.94. The van der Waals surface area contributed by atoms with Crippen LogP contribution in [0.15, 0.2) is 11.1 Å². The molecule has 1 unspecified atom stereocenters. The number of nitrogens with zero attached hydrogens (tertiary/aromatic N) is 1. The van der Waals surface area contributed by atoms with Crippen molar-refractivity contribution in [3.05, 3.63) is 20.3 Å². The van der Waals surface area contributed by atoms with E-state index in [4.69, 9.17) is 6.42 Å². The van der Waals surface area contributed by atoms with Crippen LogP contribution < -0.4 is 10.9 Å². The molecule has 0 amide bonds. The van der Waals surface area contributed by atoms with Crippen molar-refractivity contribution in [3.63, 3.8) is 0 Å². The van der Waals surface area contributed by atoms with Crippen LogP contribution in [0.1, 0.15) is 13.8 Å². The van der Waals surface area contributed by atoms with Gasteiger partial charge in [-0.2, -0.15) is 0 Å². The number of aromatic nitrogens is 2. The van der Waals surface area contributed by atoms with E-state index in [1.54, 1.807) is 0 Å². The van der Waals surface area contributed by atoms with Crippen LogP contribution in [-0.4, -0.2) is 16.0 Å². The molecule has 0 spiro atoms. The van der Waals surface area contributed by atoms with E-state index in [2.05, 4.69) is 21.2 Å². The zero-order valence-corrected chi connectivity index (χ0v) is 10.7. The zero-order chi connectivity index (χ0) is 11.4. The maximum Gasteiger partial charge on any atom is 0.266 e. The van der Waals surface area contributed by atoms with E-state index in [9.17, 15) is 4.79 Å². The van der Waals surface area contributed by atoms with Gasteiger partial charge in [0.2, 0.25) is 0 Å². The van der Waals surface area contributed by atoms with Gasteiger partial charge in [0.25, 0.3) is 5.56 Å². The largest absolute Gasteiger partial charge is 0.355 e. The molecule has 4 nitrogen and oxygen atoms in total. The number of halogens is 1. The summed E-state index contributed by atoms with van der Waals surface area (Å²) in [5, 5.41) is 3.06. The highest BCUT2D eigenvalue weighted by Gasteiger charge is 2.13. The van der Waals surface area contributed by atoms with Crippen molar-refractivity contribution in [3.8, 4) is 12.3 Å². The highest BCUT2D eigenvalue weighted by molar-refractivity contribution is 14.1. The lowest BCUT2D eigenvalue weighted by Gasteiger charge is -2.17. The quantitative estimate of drug-likeness (QED) is 0.655. The van der Waals surface area contributed by atoms with E-state index in [1.165, 1.54) is 6.33 Å². The molecule has 0 bridgehead atoms. The average molecular weight is 317 g/mol. The maximum atomic E-state index is 11.3. The third-order valence-electron chi connectivity index (χ3n) is 1.93. The highest BCUT2D eigenvalue weighted by Crippen LogP contribution is 2.13. The van der Waals surface area contributed by atoms with Crippen LogP contribution in [0.4, 0.5) is 5.82 Å². The Morgan fingerprint density at radius 3 is 2.87 bits per heavy atom. The summed E-state index contributed by atoms with van der Waals surface area (Å²) in [7, 11) is 0. The molecule has 1 aromatic heterocycles. The van der Waals surface area contributed by atoms with Crippen LogP contribution in [0, 0.1) is 21.8 Å². The third kappa shape index (κ3) is 2.96. The number of aromatic amines is 1. The topological polar surface area (TPSA) is 57.8 Å². The second-order valence-corrected chi connectivity index (χ2v) is 4.51. The molecule has 1 atom stereocenters. The molecule has 1 heterocycles.